The number of hydrogen-bond donors (Lipinski definition) is 2. The average molecular weight is 409 g/mol. The molecule has 158 valence electrons. The third kappa shape index (κ3) is 4.00. The number of benzene rings is 1. The number of piperidine rings is 1. The molecule has 0 radical (unpaired) electrons. The molecule has 3 heterocycles. The van der Waals surface area contributed by atoms with Crippen LogP contribution in [0.5, 0.6) is 0 Å². The summed E-state index contributed by atoms with van der Waals surface area (Å²) in [6.45, 7) is 5.60. The maximum atomic E-state index is 12.8. The number of anilines is 1. The zero-order chi connectivity index (χ0) is 21.3. The molecule has 1 aliphatic rings. The van der Waals surface area contributed by atoms with E-state index < -0.39 is 5.91 Å². The molecule has 1 aromatic carbocycles. The third-order valence-electron chi connectivity index (χ3n) is 5.42. The Hall–Kier alpha value is -3.36. The Morgan fingerprint density at radius 2 is 2.10 bits per heavy atom. The predicted octanol–water partition coefficient (Wildman–Crippen LogP) is 2.71. The topological polar surface area (TPSA) is 111 Å². The fourth-order valence-corrected chi connectivity index (χ4v) is 4.14. The van der Waals surface area contributed by atoms with Crippen LogP contribution in [0.1, 0.15) is 44.5 Å². The Bertz CT molecular complexity index is 1070. The molecule has 0 saturated carbocycles. The summed E-state index contributed by atoms with van der Waals surface area (Å²) in [5.41, 5.74) is 7.84. The van der Waals surface area contributed by atoms with Gasteiger partial charge in [0.1, 0.15) is 12.4 Å². The number of carbonyl (C=O) groups excluding carboxylic acids is 2. The molecule has 9 nitrogen and oxygen atoms in total. The Labute approximate surface area is 174 Å². The van der Waals surface area contributed by atoms with Gasteiger partial charge in [0, 0.05) is 31.2 Å². The van der Waals surface area contributed by atoms with Crippen LogP contribution >= 0.6 is 0 Å². The van der Waals surface area contributed by atoms with Gasteiger partial charge in [0.15, 0.2) is 0 Å². The highest BCUT2D eigenvalue weighted by molar-refractivity contribution is 5.89. The lowest BCUT2D eigenvalue weighted by Gasteiger charge is -2.33. The first kappa shape index (κ1) is 19.9. The van der Waals surface area contributed by atoms with Crippen LogP contribution in [-0.2, 0) is 11.3 Å². The van der Waals surface area contributed by atoms with Crippen LogP contribution in [0.25, 0.3) is 11.0 Å². The van der Waals surface area contributed by atoms with E-state index in [4.69, 9.17) is 10.7 Å². The standard InChI is InChI=1S/C21H27N7O2/c1-14(2)28-18-8-4-3-7-17(18)25-20(28)15-6-5-9-26(11-15)21(30)24-16-10-23-27(12-16)13-19(22)29/h3-4,7-8,10,12,14-15H,5-6,9,11,13H2,1-2H3,(H2,22,29)(H,24,30)/t15-/m0/s1. The second kappa shape index (κ2) is 8.17. The fraction of sp³-hybridized carbons (Fsp3) is 0.429. The minimum atomic E-state index is -0.483. The van der Waals surface area contributed by atoms with Gasteiger partial charge in [-0.1, -0.05) is 12.1 Å². The van der Waals surface area contributed by atoms with Crippen molar-refractivity contribution in [3.8, 4) is 0 Å². The zero-order valence-corrected chi connectivity index (χ0v) is 17.3. The van der Waals surface area contributed by atoms with Gasteiger partial charge in [-0.05, 0) is 38.8 Å². The Morgan fingerprint density at radius 1 is 1.30 bits per heavy atom. The van der Waals surface area contributed by atoms with E-state index in [1.807, 2.05) is 23.1 Å². The summed E-state index contributed by atoms with van der Waals surface area (Å²) < 4.78 is 3.69. The zero-order valence-electron chi connectivity index (χ0n) is 17.3. The molecule has 2 aromatic heterocycles. The second-order valence-electron chi connectivity index (χ2n) is 8.03. The molecule has 3 N–H and O–H groups in total. The quantitative estimate of drug-likeness (QED) is 0.675. The predicted molar refractivity (Wildman–Crippen MR) is 114 cm³/mol. The highest BCUT2D eigenvalue weighted by Gasteiger charge is 2.29. The highest BCUT2D eigenvalue weighted by atomic mass is 16.2. The lowest BCUT2D eigenvalue weighted by molar-refractivity contribution is -0.118. The van der Waals surface area contributed by atoms with Crippen molar-refractivity contribution in [2.75, 3.05) is 18.4 Å². The number of urea groups is 1. The van der Waals surface area contributed by atoms with E-state index in [2.05, 4.69) is 34.9 Å². The van der Waals surface area contributed by atoms with E-state index in [1.165, 1.54) is 10.9 Å². The first-order chi connectivity index (χ1) is 14.4. The van der Waals surface area contributed by atoms with Gasteiger partial charge in [0.05, 0.1) is 22.9 Å². The van der Waals surface area contributed by atoms with Crippen molar-refractivity contribution >= 4 is 28.7 Å². The van der Waals surface area contributed by atoms with Crippen molar-refractivity contribution < 1.29 is 9.59 Å². The Morgan fingerprint density at radius 3 is 2.87 bits per heavy atom. The molecule has 9 heteroatoms. The first-order valence-corrected chi connectivity index (χ1v) is 10.3. The summed E-state index contributed by atoms with van der Waals surface area (Å²) in [5, 5.41) is 6.91. The lowest BCUT2D eigenvalue weighted by atomic mass is 9.97. The van der Waals surface area contributed by atoms with Gasteiger partial charge < -0.3 is 20.5 Å². The number of likely N-dealkylation sites (tertiary alicyclic amines) is 1. The smallest absolute Gasteiger partial charge is 0.321 e. The van der Waals surface area contributed by atoms with E-state index in [0.29, 0.717) is 18.8 Å². The number of fused-ring (bicyclic) bond motifs is 1. The minimum absolute atomic E-state index is 0.0208. The van der Waals surface area contributed by atoms with Crippen LogP contribution in [0.15, 0.2) is 36.7 Å². The lowest BCUT2D eigenvalue weighted by Crippen LogP contribution is -2.42. The van der Waals surface area contributed by atoms with Crippen LogP contribution in [-0.4, -0.2) is 49.3 Å². The molecule has 0 unspecified atom stereocenters. The molecule has 0 aliphatic carbocycles. The maximum absolute atomic E-state index is 12.8. The van der Waals surface area contributed by atoms with Crippen molar-refractivity contribution in [2.24, 2.45) is 5.73 Å². The number of carbonyl (C=O) groups is 2. The summed E-state index contributed by atoms with van der Waals surface area (Å²) in [7, 11) is 0. The molecule has 1 fully saturated rings. The fourth-order valence-electron chi connectivity index (χ4n) is 4.14. The molecule has 0 bridgehead atoms. The Kier molecular flexibility index (Phi) is 5.43. The van der Waals surface area contributed by atoms with Crippen molar-refractivity contribution in [3.63, 3.8) is 0 Å². The van der Waals surface area contributed by atoms with Crippen molar-refractivity contribution in [1.29, 1.82) is 0 Å². The van der Waals surface area contributed by atoms with Crippen molar-refractivity contribution in [2.45, 2.75) is 45.2 Å². The summed E-state index contributed by atoms with van der Waals surface area (Å²) in [4.78, 5) is 30.6. The third-order valence-corrected chi connectivity index (χ3v) is 5.42. The van der Waals surface area contributed by atoms with E-state index in [-0.39, 0.29) is 24.5 Å². The first-order valence-electron chi connectivity index (χ1n) is 10.3. The Balaban J connectivity index is 1.50. The van der Waals surface area contributed by atoms with E-state index >= 15 is 0 Å². The van der Waals surface area contributed by atoms with Crippen LogP contribution < -0.4 is 11.1 Å². The van der Waals surface area contributed by atoms with Gasteiger partial charge in [0.25, 0.3) is 0 Å². The summed E-state index contributed by atoms with van der Waals surface area (Å²) in [5.74, 6) is 0.734. The van der Waals surface area contributed by atoms with Crippen LogP contribution in [0.3, 0.4) is 0 Å². The minimum Gasteiger partial charge on any atom is -0.368 e. The molecule has 1 aliphatic heterocycles. The number of amides is 3. The van der Waals surface area contributed by atoms with Gasteiger partial charge in [-0.15, -0.1) is 0 Å². The van der Waals surface area contributed by atoms with Crippen LogP contribution in [0, 0.1) is 0 Å². The molecule has 0 spiro atoms. The molecule has 3 aromatic rings. The second-order valence-corrected chi connectivity index (χ2v) is 8.03. The number of para-hydroxylation sites is 2. The van der Waals surface area contributed by atoms with Crippen molar-refractivity contribution in [3.05, 3.63) is 42.5 Å². The number of nitrogens with two attached hydrogens (primary N) is 1. The van der Waals surface area contributed by atoms with Gasteiger partial charge in [-0.3, -0.25) is 9.48 Å². The monoisotopic (exact) mass is 409 g/mol. The largest absolute Gasteiger partial charge is 0.368 e. The number of primary amides is 1. The number of hydrogen-bond acceptors (Lipinski definition) is 4. The molecule has 30 heavy (non-hydrogen) atoms. The maximum Gasteiger partial charge on any atom is 0.321 e. The van der Waals surface area contributed by atoms with Gasteiger partial charge in [-0.25, -0.2) is 9.78 Å². The average Bonchev–Trinajstić information content (AvgIpc) is 3.31. The SMILES string of the molecule is CC(C)n1c([C@H]2CCCN(C(=O)Nc3cnn(CC(N)=O)c3)C2)nc2ccccc21. The molecule has 1 atom stereocenters. The normalized spacial score (nSPS) is 16.9. The number of rotatable bonds is 5. The number of nitrogens with zero attached hydrogens (tertiary/aromatic N) is 5. The molecule has 1 saturated heterocycles. The van der Waals surface area contributed by atoms with Gasteiger partial charge in [-0.2, -0.15) is 5.10 Å². The van der Waals surface area contributed by atoms with Gasteiger partial charge in [0.2, 0.25) is 5.91 Å². The van der Waals surface area contributed by atoms with Gasteiger partial charge >= 0.3 is 6.03 Å². The van der Waals surface area contributed by atoms with Crippen LogP contribution in [0.4, 0.5) is 10.5 Å². The van der Waals surface area contributed by atoms with E-state index in [0.717, 1.165) is 29.7 Å². The molecule has 3 amide bonds. The number of nitrogens with one attached hydrogen (secondary N) is 1. The summed E-state index contributed by atoms with van der Waals surface area (Å²) >= 11 is 0. The van der Waals surface area contributed by atoms with E-state index in [9.17, 15) is 9.59 Å². The van der Waals surface area contributed by atoms with Crippen molar-refractivity contribution in [1.82, 2.24) is 24.2 Å². The molecular formula is C21H27N7O2. The number of aromatic nitrogens is 4. The summed E-state index contributed by atoms with van der Waals surface area (Å²) in [6, 6.07) is 8.28. The molecular weight excluding hydrogens is 382 g/mol. The summed E-state index contributed by atoms with van der Waals surface area (Å²) in [6.07, 6.45) is 5.03. The number of imidazole rings is 1. The van der Waals surface area contributed by atoms with Crippen LogP contribution in [0.2, 0.25) is 0 Å². The van der Waals surface area contributed by atoms with E-state index in [1.54, 1.807) is 6.20 Å². The molecule has 4 rings (SSSR count). The highest BCUT2D eigenvalue weighted by Crippen LogP contribution is 2.31.